The number of amides is 2. The first kappa shape index (κ1) is 23.9. The van der Waals surface area contributed by atoms with Crippen molar-refractivity contribution in [3.05, 3.63) is 77.9 Å². The largest absolute Gasteiger partial charge is 0.493 e. The molecule has 2 N–H and O–H groups in total. The van der Waals surface area contributed by atoms with Crippen LogP contribution in [-0.4, -0.2) is 41.4 Å². The molecular weight excluding hydrogens is 476 g/mol. The maximum Gasteiger partial charge on any atom is 0.283 e. The van der Waals surface area contributed by atoms with Crippen molar-refractivity contribution in [2.45, 2.75) is 13.5 Å². The number of aromatic hydroxyl groups is 1. The topological polar surface area (TPSA) is 124 Å². The lowest BCUT2D eigenvalue weighted by molar-refractivity contribution is -0.126. The average Bonchev–Trinajstić information content (AvgIpc) is 3.48. The van der Waals surface area contributed by atoms with E-state index in [0.717, 1.165) is 16.6 Å². The number of aromatic nitrogens is 1. The number of aryl methyl sites for hydroxylation is 1. The molecule has 0 spiro atoms. The van der Waals surface area contributed by atoms with Gasteiger partial charge in [0.2, 0.25) is 12.7 Å². The van der Waals surface area contributed by atoms with Gasteiger partial charge >= 0.3 is 0 Å². The number of para-hydroxylation sites is 2. The van der Waals surface area contributed by atoms with Gasteiger partial charge in [0.25, 0.3) is 11.8 Å². The van der Waals surface area contributed by atoms with E-state index >= 15 is 0 Å². The van der Waals surface area contributed by atoms with Gasteiger partial charge < -0.3 is 29.2 Å². The number of azo groups is 1. The zero-order valence-corrected chi connectivity index (χ0v) is 20.0. The highest BCUT2D eigenvalue weighted by Crippen LogP contribution is 2.40. The molecule has 10 heteroatoms. The number of hydrogen-bond acceptors (Lipinski definition) is 7. The Kier molecular flexibility index (Phi) is 6.71. The van der Waals surface area contributed by atoms with Crippen molar-refractivity contribution < 1.29 is 28.9 Å². The fourth-order valence-electron chi connectivity index (χ4n) is 3.98. The smallest absolute Gasteiger partial charge is 0.283 e. The van der Waals surface area contributed by atoms with E-state index < -0.39 is 11.8 Å². The second-order valence-electron chi connectivity index (χ2n) is 8.39. The van der Waals surface area contributed by atoms with Crippen LogP contribution in [0.2, 0.25) is 0 Å². The summed E-state index contributed by atoms with van der Waals surface area (Å²) in [7, 11) is 0. The Morgan fingerprint density at radius 1 is 1.05 bits per heavy atom. The Morgan fingerprint density at radius 3 is 2.70 bits per heavy atom. The van der Waals surface area contributed by atoms with Gasteiger partial charge in [0.15, 0.2) is 23.8 Å². The van der Waals surface area contributed by atoms with Gasteiger partial charge in [-0.15, -0.1) is 10.2 Å². The van der Waals surface area contributed by atoms with E-state index in [1.54, 1.807) is 16.7 Å². The van der Waals surface area contributed by atoms with E-state index in [2.05, 4.69) is 15.5 Å². The summed E-state index contributed by atoms with van der Waals surface area (Å²) < 4.78 is 18.0. The van der Waals surface area contributed by atoms with Crippen molar-refractivity contribution in [3.63, 3.8) is 0 Å². The molecule has 4 aromatic rings. The van der Waals surface area contributed by atoms with Crippen LogP contribution in [0.3, 0.4) is 0 Å². The number of carbonyl (C=O) groups is 2. The minimum Gasteiger partial charge on any atom is -0.493 e. The highest BCUT2D eigenvalue weighted by atomic mass is 16.7. The quantitative estimate of drug-likeness (QED) is 0.349. The third-order valence-corrected chi connectivity index (χ3v) is 5.85. The van der Waals surface area contributed by atoms with Crippen LogP contribution < -0.4 is 19.5 Å². The van der Waals surface area contributed by atoms with E-state index in [1.165, 1.54) is 0 Å². The molecule has 0 radical (unpaired) electrons. The molecule has 1 aliphatic rings. The van der Waals surface area contributed by atoms with Crippen LogP contribution in [0, 0.1) is 6.92 Å². The standard InChI is InChI=1S/C27H24N4O6/c1-17-6-2-5-9-21(17)35-15-25(33)28-13-24(32)29-30-26-19-7-3-4-8-20(19)31(27(26)34)14-18-10-11-22-23(12-18)37-16-36-22/h2-12,34H,13-16H2,1H3,(H,28,33). The third kappa shape index (κ3) is 5.22. The molecule has 5 rings (SSSR count). The van der Waals surface area contributed by atoms with E-state index in [-0.39, 0.29) is 31.5 Å². The Labute approximate surface area is 212 Å². The predicted molar refractivity (Wildman–Crippen MR) is 134 cm³/mol. The van der Waals surface area contributed by atoms with Crippen molar-refractivity contribution in [3.8, 4) is 23.1 Å². The zero-order chi connectivity index (χ0) is 25.8. The molecule has 0 bridgehead atoms. The number of nitrogens with one attached hydrogen (secondary N) is 1. The molecule has 188 valence electrons. The molecule has 2 amide bonds. The molecule has 3 aromatic carbocycles. The van der Waals surface area contributed by atoms with Gasteiger partial charge in [0.1, 0.15) is 12.3 Å². The summed E-state index contributed by atoms with van der Waals surface area (Å²) in [6, 6.07) is 20.2. The van der Waals surface area contributed by atoms with Crippen LogP contribution in [0.15, 0.2) is 77.0 Å². The number of rotatable bonds is 8. The maximum atomic E-state index is 12.3. The molecule has 0 saturated carbocycles. The van der Waals surface area contributed by atoms with Gasteiger partial charge in [-0.2, -0.15) is 0 Å². The summed E-state index contributed by atoms with van der Waals surface area (Å²) in [5, 5.41) is 21.8. The van der Waals surface area contributed by atoms with Crippen LogP contribution in [0.5, 0.6) is 23.1 Å². The van der Waals surface area contributed by atoms with Gasteiger partial charge in [0.05, 0.1) is 12.1 Å². The van der Waals surface area contributed by atoms with E-state index in [9.17, 15) is 14.7 Å². The minimum absolute atomic E-state index is 0.133. The van der Waals surface area contributed by atoms with E-state index in [1.807, 2.05) is 61.5 Å². The number of ether oxygens (including phenoxy) is 3. The Morgan fingerprint density at radius 2 is 1.84 bits per heavy atom. The monoisotopic (exact) mass is 500 g/mol. The number of hydrogen-bond donors (Lipinski definition) is 2. The van der Waals surface area contributed by atoms with Crippen LogP contribution >= 0.6 is 0 Å². The number of benzene rings is 3. The van der Waals surface area contributed by atoms with Crippen LogP contribution in [-0.2, 0) is 16.1 Å². The first-order valence-electron chi connectivity index (χ1n) is 11.6. The van der Waals surface area contributed by atoms with Crippen molar-refractivity contribution >= 4 is 28.4 Å². The van der Waals surface area contributed by atoms with E-state index in [0.29, 0.717) is 29.2 Å². The number of nitrogens with zero attached hydrogens (tertiary/aromatic N) is 3. The van der Waals surface area contributed by atoms with Crippen molar-refractivity contribution in [2.24, 2.45) is 10.2 Å². The van der Waals surface area contributed by atoms with Crippen molar-refractivity contribution in [1.82, 2.24) is 9.88 Å². The van der Waals surface area contributed by atoms with Gasteiger partial charge in [-0.3, -0.25) is 9.59 Å². The van der Waals surface area contributed by atoms with Crippen molar-refractivity contribution in [1.29, 1.82) is 0 Å². The molecular formula is C27H24N4O6. The molecule has 1 aliphatic heterocycles. The number of fused-ring (bicyclic) bond motifs is 2. The third-order valence-electron chi connectivity index (χ3n) is 5.85. The molecule has 0 aliphatic carbocycles. The van der Waals surface area contributed by atoms with Crippen LogP contribution in [0.4, 0.5) is 5.69 Å². The fraction of sp³-hybridized carbons (Fsp3) is 0.185. The summed E-state index contributed by atoms with van der Waals surface area (Å²) in [4.78, 5) is 24.3. The Bertz CT molecular complexity index is 1510. The normalized spacial score (nSPS) is 12.2. The van der Waals surface area contributed by atoms with Gasteiger partial charge in [-0.05, 0) is 42.3 Å². The first-order chi connectivity index (χ1) is 18.0. The summed E-state index contributed by atoms with van der Waals surface area (Å²) in [5.74, 6) is 0.645. The molecule has 2 heterocycles. The van der Waals surface area contributed by atoms with Gasteiger partial charge in [-0.1, -0.05) is 42.5 Å². The molecule has 37 heavy (non-hydrogen) atoms. The lowest BCUT2D eigenvalue weighted by Gasteiger charge is -2.08. The van der Waals surface area contributed by atoms with Crippen molar-refractivity contribution in [2.75, 3.05) is 19.9 Å². The predicted octanol–water partition coefficient (Wildman–Crippen LogP) is 4.24. The van der Waals surface area contributed by atoms with Gasteiger partial charge in [-0.25, -0.2) is 0 Å². The summed E-state index contributed by atoms with van der Waals surface area (Å²) in [6.07, 6.45) is 0. The zero-order valence-electron chi connectivity index (χ0n) is 20.0. The highest BCUT2D eigenvalue weighted by molar-refractivity contribution is 5.95. The second-order valence-corrected chi connectivity index (χ2v) is 8.39. The van der Waals surface area contributed by atoms with Crippen LogP contribution in [0.25, 0.3) is 10.9 Å². The van der Waals surface area contributed by atoms with E-state index in [4.69, 9.17) is 14.2 Å². The Hall–Kier alpha value is -4.86. The maximum absolute atomic E-state index is 12.3. The molecule has 0 unspecified atom stereocenters. The fourth-order valence-corrected chi connectivity index (χ4v) is 3.98. The number of carbonyl (C=O) groups excluding carboxylic acids is 2. The molecule has 0 atom stereocenters. The lowest BCUT2D eigenvalue weighted by atomic mass is 10.2. The molecule has 0 saturated heterocycles. The average molecular weight is 501 g/mol. The Balaban J connectivity index is 1.25. The molecule has 10 nitrogen and oxygen atoms in total. The summed E-state index contributed by atoms with van der Waals surface area (Å²) in [5.41, 5.74) is 2.67. The second kappa shape index (κ2) is 10.4. The lowest BCUT2D eigenvalue weighted by Crippen LogP contribution is -2.32. The van der Waals surface area contributed by atoms with Crippen LogP contribution in [0.1, 0.15) is 11.1 Å². The van der Waals surface area contributed by atoms with Gasteiger partial charge in [0, 0.05) is 5.39 Å². The first-order valence-corrected chi connectivity index (χ1v) is 11.6. The SMILES string of the molecule is Cc1ccccc1OCC(=O)NCC(=O)N=Nc1c(O)n(Cc2ccc3c(c2)OCO3)c2ccccc12. The summed E-state index contributed by atoms with van der Waals surface area (Å²) >= 11 is 0. The molecule has 0 fully saturated rings. The minimum atomic E-state index is -0.670. The summed E-state index contributed by atoms with van der Waals surface area (Å²) in [6.45, 7) is 1.80. The highest BCUT2D eigenvalue weighted by Gasteiger charge is 2.19. The molecule has 1 aromatic heterocycles.